The van der Waals surface area contributed by atoms with Crippen molar-refractivity contribution in [1.82, 2.24) is 10.3 Å². The fraction of sp³-hybridized carbons (Fsp3) is 0.353. The van der Waals surface area contributed by atoms with Crippen LogP contribution in [0.3, 0.4) is 0 Å². The first-order chi connectivity index (χ1) is 9.78. The van der Waals surface area contributed by atoms with E-state index in [2.05, 4.69) is 29.4 Å². The van der Waals surface area contributed by atoms with Gasteiger partial charge in [-0.2, -0.15) is 0 Å². The lowest BCUT2D eigenvalue weighted by Crippen LogP contribution is -2.23. The van der Waals surface area contributed by atoms with Crippen molar-refractivity contribution in [3.8, 4) is 5.75 Å². The maximum atomic E-state index is 5.76. The van der Waals surface area contributed by atoms with Crippen molar-refractivity contribution in [3.05, 3.63) is 59.9 Å². The van der Waals surface area contributed by atoms with Gasteiger partial charge in [-0.3, -0.25) is 4.98 Å². The Morgan fingerprint density at radius 1 is 1.05 bits per heavy atom. The summed E-state index contributed by atoms with van der Waals surface area (Å²) < 4.78 is 5.76. The highest BCUT2D eigenvalue weighted by Gasteiger charge is 2.01. The molecule has 2 aromatic rings. The number of rotatable bonds is 7. The second-order valence-electron chi connectivity index (χ2n) is 4.99. The zero-order chi connectivity index (χ0) is 14.2. The van der Waals surface area contributed by atoms with Crippen molar-refractivity contribution in [2.24, 2.45) is 0 Å². The van der Waals surface area contributed by atoms with Crippen molar-refractivity contribution in [1.29, 1.82) is 0 Å². The van der Waals surface area contributed by atoms with Crippen LogP contribution in [0.4, 0.5) is 0 Å². The Balaban J connectivity index is 1.79. The minimum absolute atomic E-state index is 0.494. The van der Waals surface area contributed by atoms with Gasteiger partial charge in [0.25, 0.3) is 0 Å². The molecule has 0 aliphatic rings. The van der Waals surface area contributed by atoms with Gasteiger partial charge in [0.2, 0.25) is 0 Å². The molecule has 0 radical (unpaired) electrons. The summed E-state index contributed by atoms with van der Waals surface area (Å²) in [5.41, 5.74) is 2.58. The number of nitrogens with one attached hydrogen (secondary N) is 1. The van der Waals surface area contributed by atoms with Crippen LogP contribution in [-0.2, 0) is 12.8 Å². The molecule has 1 N–H and O–H groups in total. The molecule has 20 heavy (non-hydrogen) atoms. The Morgan fingerprint density at radius 3 is 2.40 bits per heavy atom. The van der Waals surface area contributed by atoms with E-state index in [-0.39, 0.29) is 0 Å². The van der Waals surface area contributed by atoms with Gasteiger partial charge in [0.1, 0.15) is 5.75 Å². The third kappa shape index (κ3) is 4.67. The smallest absolute Gasteiger partial charge is 0.119 e. The average Bonchev–Trinajstić information content (AvgIpc) is 2.50. The van der Waals surface area contributed by atoms with Crippen LogP contribution < -0.4 is 10.1 Å². The summed E-state index contributed by atoms with van der Waals surface area (Å²) in [6.07, 6.45) is 5.56. The molecule has 0 aliphatic carbocycles. The van der Waals surface area contributed by atoms with Gasteiger partial charge in [-0.25, -0.2) is 0 Å². The van der Waals surface area contributed by atoms with E-state index in [1.165, 1.54) is 11.1 Å². The molecule has 1 aromatic heterocycles. The molecular formula is C17H22N2O. The molecule has 1 unspecified atom stereocenters. The van der Waals surface area contributed by atoms with Crippen LogP contribution >= 0.6 is 0 Å². The van der Waals surface area contributed by atoms with E-state index in [0.717, 1.165) is 18.6 Å². The highest BCUT2D eigenvalue weighted by Crippen LogP contribution is 2.14. The number of hydrogen-bond acceptors (Lipinski definition) is 3. The van der Waals surface area contributed by atoms with E-state index in [0.29, 0.717) is 12.6 Å². The van der Waals surface area contributed by atoms with Crippen molar-refractivity contribution < 1.29 is 4.74 Å². The molecule has 0 saturated carbocycles. The Hall–Kier alpha value is -1.87. The SMILES string of the molecule is CNC(C)Cc1ccc(OCCc2ccncc2)cc1. The van der Waals surface area contributed by atoms with Crippen molar-refractivity contribution in [3.63, 3.8) is 0 Å². The van der Waals surface area contributed by atoms with E-state index in [1.807, 2.05) is 43.7 Å². The highest BCUT2D eigenvalue weighted by atomic mass is 16.5. The van der Waals surface area contributed by atoms with Crippen LogP contribution in [0, 0.1) is 0 Å². The second-order valence-corrected chi connectivity index (χ2v) is 4.99. The number of nitrogens with zero attached hydrogens (tertiary/aromatic N) is 1. The molecule has 3 nitrogen and oxygen atoms in total. The third-order valence-electron chi connectivity index (χ3n) is 3.37. The van der Waals surface area contributed by atoms with Crippen molar-refractivity contribution in [2.45, 2.75) is 25.8 Å². The molecule has 0 saturated heterocycles. The summed E-state index contributed by atoms with van der Waals surface area (Å²) in [4.78, 5) is 4.01. The molecule has 1 aromatic carbocycles. The second kappa shape index (κ2) is 7.65. The van der Waals surface area contributed by atoms with Crippen LogP contribution in [0.2, 0.25) is 0 Å². The molecule has 106 valence electrons. The summed E-state index contributed by atoms with van der Waals surface area (Å²) in [6.45, 7) is 2.87. The Kier molecular flexibility index (Phi) is 5.56. The largest absolute Gasteiger partial charge is 0.493 e. The quantitative estimate of drug-likeness (QED) is 0.840. The molecule has 0 spiro atoms. The van der Waals surface area contributed by atoms with Gasteiger partial charge in [0.05, 0.1) is 6.61 Å². The molecule has 1 heterocycles. The predicted octanol–water partition coefficient (Wildman–Crippen LogP) is 2.85. The maximum Gasteiger partial charge on any atom is 0.119 e. The van der Waals surface area contributed by atoms with Gasteiger partial charge in [0.15, 0.2) is 0 Å². The predicted molar refractivity (Wildman–Crippen MR) is 82.1 cm³/mol. The summed E-state index contributed by atoms with van der Waals surface area (Å²) >= 11 is 0. The number of likely N-dealkylation sites (N-methyl/N-ethyl adjacent to an activating group) is 1. The summed E-state index contributed by atoms with van der Waals surface area (Å²) in [7, 11) is 1.99. The molecular weight excluding hydrogens is 248 g/mol. The Labute approximate surface area is 121 Å². The van der Waals surface area contributed by atoms with E-state index in [4.69, 9.17) is 4.74 Å². The molecule has 0 aliphatic heterocycles. The zero-order valence-electron chi connectivity index (χ0n) is 12.2. The van der Waals surface area contributed by atoms with E-state index in [1.54, 1.807) is 0 Å². The lowest BCUT2D eigenvalue weighted by molar-refractivity contribution is 0.322. The van der Waals surface area contributed by atoms with Gasteiger partial charge in [0, 0.05) is 24.9 Å². The number of aromatic nitrogens is 1. The topological polar surface area (TPSA) is 34.1 Å². The van der Waals surface area contributed by atoms with Gasteiger partial charge >= 0.3 is 0 Å². The standard InChI is InChI=1S/C17H22N2O/c1-14(18-2)13-16-3-5-17(6-4-16)20-12-9-15-7-10-19-11-8-15/h3-8,10-11,14,18H,9,12-13H2,1-2H3. The number of pyridine rings is 1. The van der Waals surface area contributed by atoms with Crippen LogP contribution in [0.5, 0.6) is 5.75 Å². The lowest BCUT2D eigenvalue weighted by atomic mass is 10.1. The zero-order valence-corrected chi connectivity index (χ0v) is 12.2. The van der Waals surface area contributed by atoms with E-state index >= 15 is 0 Å². The molecule has 0 amide bonds. The monoisotopic (exact) mass is 270 g/mol. The van der Waals surface area contributed by atoms with Crippen molar-refractivity contribution in [2.75, 3.05) is 13.7 Å². The van der Waals surface area contributed by atoms with E-state index in [9.17, 15) is 0 Å². The van der Waals surface area contributed by atoms with Gasteiger partial charge in [-0.1, -0.05) is 12.1 Å². The average molecular weight is 270 g/mol. The van der Waals surface area contributed by atoms with Crippen LogP contribution in [0.1, 0.15) is 18.1 Å². The summed E-state index contributed by atoms with van der Waals surface area (Å²) in [6, 6.07) is 12.9. The molecule has 0 fully saturated rings. The fourth-order valence-corrected chi connectivity index (χ4v) is 2.01. The number of hydrogen-bond donors (Lipinski definition) is 1. The molecule has 2 rings (SSSR count). The number of benzene rings is 1. The Morgan fingerprint density at radius 2 is 1.75 bits per heavy atom. The summed E-state index contributed by atoms with van der Waals surface area (Å²) in [5.74, 6) is 0.930. The first-order valence-corrected chi connectivity index (χ1v) is 7.06. The number of ether oxygens (including phenoxy) is 1. The maximum absolute atomic E-state index is 5.76. The molecule has 3 heteroatoms. The summed E-state index contributed by atoms with van der Waals surface area (Å²) in [5, 5.41) is 3.24. The van der Waals surface area contributed by atoms with Gasteiger partial charge < -0.3 is 10.1 Å². The first-order valence-electron chi connectivity index (χ1n) is 7.06. The van der Waals surface area contributed by atoms with Crippen LogP contribution in [-0.4, -0.2) is 24.7 Å². The van der Waals surface area contributed by atoms with Crippen LogP contribution in [0.15, 0.2) is 48.8 Å². The lowest BCUT2D eigenvalue weighted by Gasteiger charge is -2.11. The van der Waals surface area contributed by atoms with Crippen LogP contribution in [0.25, 0.3) is 0 Å². The Bertz CT molecular complexity index is 496. The molecule has 0 bridgehead atoms. The first kappa shape index (κ1) is 14.5. The van der Waals surface area contributed by atoms with E-state index < -0.39 is 0 Å². The fourth-order valence-electron chi connectivity index (χ4n) is 2.01. The van der Waals surface area contributed by atoms with Gasteiger partial charge in [-0.05, 0) is 55.8 Å². The van der Waals surface area contributed by atoms with Gasteiger partial charge in [-0.15, -0.1) is 0 Å². The molecule has 1 atom stereocenters. The minimum Gasteiger partial charge on any atom is -0.493 e. The highest BCUT2D eigenvalue weighted by molar-refractivity contribution is 5.27. The minimum atomic E-state index is 0.494. The van der Waals surface area contributed by atoms with Crippen molar-refractivity contribution >= 4 is 0 Å². The normalized spacial score (nSPS) is 12.1. The third-order valence-corrected chi connectivity index (χ3v) is 3.37.